The molecule has 0 unspecified atom stereocenters. The van der Waals surface area contributed by atoms with Gasteiger partial charge in [-0.15, -0.1) is 0 Å². The minimum absolute atomic E-state index is 0.0472. The number of hydrogen-bond donors (Lipinski definition) is 1. The molecule has 0 fully saturated rings. The highest BCUT2D eigenvalue weighted by Gasteiger charge is 2.20. The van der Waals surface area contributed by atoms with Crippen molar-refractivity contribution >= 4 is 11.0 Å². The van der Waals surface area contributed by atoms with Gasteiger partial charge in [-0.05, 0) is 0 Å². The summed E-state index contributed by atoms with van der Waals surface area (Å²) >= 11 is 0. The number of aromatic hydroxyl groups is 1. The number of rotatable bonds is 3. The molecule has 1 aromatic carbocycles. The molecule has 96 valence electrons. The molecule has 0 saturated carbocycles. The van der Waals surface area contributed by atoms with E-state index in [-0.39, 0.29) is 22.8 Å². The summed E-state index contributed by atoms with van der Waals surface area (Å²) in [4.78, 5) is 11.7. The second kappa shape index (κ2) is 4.48. The Hall–Kier alpha value is -2.37. The van der Waals surface area contributed by atoms with Crippen LogP contribution >= 0.6 is 0 Å². The third-order valence-electron chi connectivity index (χ3n) is 2.50. The maximum atomic E-state index is 11.7. The molecular weight excluding hydrogens is 240 g/mol. The minimum atomic E-state index is -0.686. The quantitative estimate of drug-likeness (QED) is 0.834. The van der Waals surface area contributed by atoms with Crippen LogP contribution in [0.3, 0.4) is 0 Å². The van der Waals surface area contributed by atoms with Crippen molar-refractivity contribution in [3.8, 4) is 23.0 Å². The van der Waals surface area contributed by atoms with Crippen molar-refractivity contribution < 1.29 is 23.7 Å². The average molecular weight is 252 g/mol. The lowest BCUT2D eigenvalue weighted by Gasteiger charge is -2.12. The smallest absolute Gasteiger partial charge is 0.383 e. The molecule has 6 heteroatoms. The maximum Gasteiger partial charge on any atom is 0.383 e. The Balaban J connectivity index is 2.98. The van der Waals surface area contributed by atoms with E-state index in [1.54, 1.807) is 0 Å². The van der Waals surface area contributed by atoms with Crippen LogP contribution in [0.1, 0.15) is 0 Å². The fourth-order valence-corrected chi connectivity index (χ4v) is 1.76. The predicted octanol–water partition coefficient (Wildman–Crippen LogP) is 1.52. The van der Waals surface area contributed by atoms with Gasteiger partial charge in [0.1, 0.15) is 22.5 Å². The number of ether oxygens (including phenoxy) is 3. The Morgan fingerprint density at radius 1 is 1.06 bits per heavy atom. The Kier molecular flexibility index (Phi) is 3.01. The predicted molar refractivity (Wildman–Crippen MR) is 63.8 cm³/mol. The van der Waals surface area contributed by atoms with Gasteiger partial charge in [-0.1, -0.05) is 0 Å². The van der Waals surface area contributed by atoms with Crippen LogP contribution < -0.4 is 19.8 Å². The second-order valence-electron chi connectivity index (χ2n) is 3.48. The molecule has 0 aliphatic heterocycles. The van der Waals surface area contributed by atoms with E-state index >= 15 is 0 Å². The van der Waals surface area contributed by atoms with Crippen LogP contribution in [0.5, 0.6) is 23.0 Å². The van der Waals surface area contributed by atoms with Crippen molar-refractivity contribution in [2.24, 2.45) is 0 Å². The van der Waals surface area contributed by atoms with E-state index in [1.807, 2.05) is 0 Å². The molecule has 2 rings (SSSR count). The lowest BCUT2D eigenvalue weighted by Crippen LogP contribution is -2.06. The molecule has 0 spiro atoms. The summed E-state index contributed by atoms with van der Waals surface area (Å²) in [6.45, 7) is 0. The molecule has 0 aliphatic rings. The van der Waals surface area contributed by atoms with Gasteiger partial charge in [0.25, 0.3) is 0 Å². The highest BCUT2D eigenvalue weighted by molar-refractivity contribution is 5.92. The molecule has 0 saturated heterocycles. The molecule has 18 heavy (non-hydrogen) atoms. The first kappa shape index (κ1) is 12.1. The number of methoxy groups -OCH3 is 3. The highest BCUT2D eigenvalue weighted by atomic mass is 16.5. The van der Waals surface area contributed by atoms with E-state index in [1.165, 1.54) is 33.5 Å². The van der Waals surface area contributed by atoms with Gasteiger partial charge in [0.15, 0.2) is 5.75 Å². The molecule has 1 N–H and O–H groups in total. The Morgan fingerprint density at radius 3 is 2.28 bits per heavy atom. The highest BCUT2D eigenvalue weighted by Crippen LogP contribution is 2.40. The molecule has 0 radical (unpaired) electrons. The van der Waals surface area contributed by atoms with Crippen molar-refractivity contribution in [3.63, 3.8) is 0 Å². The summed E-state index contributed by atoms with van der Waals surface area (Å²) in [6, 6.07) is 2.70. The topological polar surface area (TPSA) is 78.1 Å². The van der Waals surface area contributed by atoms with E-state index in [2.05, 4.69) is 0 Å². The SMILES string of the molecule is COc1c(OC)c2c(OC)cc(O)cc2oc1=O. The first-order valence-electron chi connectivity index (χ1n) is 5.08. The summed E-state index contributed by atoms with van der Waals surface area (Å²) in [5, 5.41) is 9.93. The largest absolute Gasteiger partial charge is 0.508 e. The molecule has 1 aromatic heterocycles. The minimum Gasteiger partial charge on any atom is -0.508 e. The van der Waals surface area contributed by atoms with Crippen LogP contribution in [0, 0.1) is 0 Å². The molecule has 0 bridgehead atoms. The Labute approximate surface area is 102 Å². The summed E-state index contributed by atoms with van der Waals surface area (Å²) in [5.41, 5.74) is -0.524. The van der Waals surface area contributed by atoms with E-state index in [0.29, 0.717) is 11.1 Å². The van der Waals surface area contributed by atoms with Crippen molar-refractivity contribution in [1.29, 1.82) is 0 Å². The van der Waals surface area contributed by atoms with E-state index in [0.717, 1.165) is 0 Å². The van der Waals surface area contributed by atoms with Gasteiger partial charge < -0.3 is 23.7 Å². The molecule has 0 atom stereocenters. The Bertz CT molecular complexity index is 643. The van der Waals surface area contributed by atoms with Crippen LogP contribution in [0.4, 0.5) is 0 Å². The van der Waals surface area contributed by atoms with Gasteiger partial charge in [-0.3, -0.25) is 0 Å². The number of benzene rings is 1. The fourth-order valence-electron chi connectivity index (χ4n) is 1.76. The summed E-state index contributed by atoms with van der Waals surface area (Å²) in [7, 11) is 4.18. The normalized spacial score (nSPS) is 10.4. The van der Waals surface area contributed by atoms with Crippen LogP contribution in [0.2, 0.25) is 0 Å². The average Bonchev–Trinajstić information content (AvgIpc) is 2.35. The molecule has 2 aromatic rings. The standard InChI is InChI=1S/C12H12O6/c1-15-7-4-6(13)5-8-9(7)10(16-2)11(17-3)12(14)18-8/h4-5,13H,1-3H3. The van der Waals surface area contributed by atoms with Crippen molar-refractivity contribution in [2.45, 2.75) is 0 Å². The zero-order chi connectivity index (χ0) is 13.3. The summed E-state index contributed by atoms with van der Waals surface area (Å²) < 4.78 is 20.3. The lowest BCUT2D eigenvalue weighted by molar-refractivity contribution is 0.335. The Morgan fingerprint density at radius 2 is 1.72 bits per heavy atom. The first-order valence-corrected chi connectivity index (χ1v) is 5.08. The van der Waals surface area contributed by atoms with Crippen molar-refractivity contribution in [1.82, 2.24) is 0 Å². The lowest BCUT2D eigenvalue weighted by atomic mass is 10.2. The van der Waals surface area contributed by atoms with Crippen molar-refractivity contribution in [2.75, 3.05) is 21.3 Å². The molecule has 0 amide bonds. The third-order valence-corrected chi connectivity index (χ3v) is 2.50. The van der Waals surface area contributed by atoms with Crippen molar-refractivity contribution in [3.05, 3.63) is 22.6 Å². The van der Waals surface area contributed by atoms with E-state index < -0.39 is 5.63 Å². The summed E-state index contributed by atoms with van der Waals surface area (Å²) in [6.07, 6.45) is 0. The zero-order valence-electron chi connectivity index (χ0n) is 10.1. The maximum absolute atomic E-state index is 11.7. The third kappa shape index (κ3) is 1.71. The van der Waals surface area contributed by atoms with Gasteiger partial charge in [0.05, 0.1) is 21.3 Å². The van der Waals surface area contributed by atoms with E-state index in [4.69, 9.17) is 18.6 Å². The fraction of sp³-hybridized carbons (Fsp3) is 0.250. The number of phenols is 1. The van der Waals surface area contributed by atoms with Crippen LogP contribution in [0.25, 0.3) is 11.0 Å². The monoisotopic (exact) mass is 252 g/mol. The van der Waals surface area contributed by atoms with Gasteiger partial charge in [-0.2, -0.15) is 0 Å². The zero-order valence-corrected chi connectivity index (χ0v) is 10.1. The molecule has 0 aliphatic carbocycles. The van der Waals surface area contributed by atoms with Gasteiger partial charge >= 0.3 is 5.63 Å². The molecule has 1 heterocycles. The van der Waals surface area contributed by atoms with Crippen LogP contribution in [0.15, 0.2) is 21.3 Å². The van der Waals surface area contributed by atoms with Gasteiger partial charge in [0.2, 0.25) is 5.75 Å². The van der Waals surface area contributed by atoms with Gasteiger partial charge in [-0.25, -0.2) is 4.79 Å². The number of hydrogen-bond acceptors (Lipinski definition) is 6. The van der Waals surface area contributed by atoms with Gasteiger partial charge in [0, 0.05) is 12.1 Å². The number of fused-ring (bicyclic) bond motifs is 1. The first-order chi connectivity index (χ1) is 8.62. The summed E-state index contributed by atoms with van der Waals surface area (Å²) in [5.74, 6) is 0.410. The second-order valence-corrected chi connectivity index (χ2v) is 3.48. The number of phenolic OH excluding ortho intramolecular Hbond substituents is 1. The molecule has 6 nitrogen and oxygen atoms in total. The molecular formula is C12H12O6. The van der Waals surface area contributed by atoms with Crippen LogP contribution in [-0.4, -0.2) is 26.4 Å². The van der Waals surface area contributed by atoms with Crippen LogP contribution in [-0.2, 0) is 0 Å². The van der Waals surface area contributed by atoms with E-state index in [9.17, 15) is 9.90 Å².